The number of aliphatic hydroxyl groups excluding tert-OH is 1. The number of aromatic amines is 1. The number of nitrogens with two attached hydrogens (primary N) is 1. The van der Waals surface area contributed by atoms with Crippen LogP contribution < -0.4 is 5.73 Å². The van der Waals surface area contributed by atoms with Crippen molar-refractivity contribution in [2.45, 2.75) is 12.5 Å². The second kappa shape index (κ2) is 6.81. The third kappa shape index (κ3) is 3.42. The molecule has 104 valence electrons. The normalized spacial score (nSPS) is 13.1. The molecule has 1 unspecified atom stereocenters. The zero-order chi connectivity index (χ0) is 13.7. The predicted molar refractivity (Wildman–Crippen MR) is 77.2 cm³/mol. The molecule has 0 aliphatic heterocycles. The van der Waals surface area contributed by atoms with Gasteiger partial charge in [0.2, 0.25) is 0 Å². The fourth-order valence-electron chi connectivity index (χ4n) is 2.07. The van der Waals surface area contributed by atoms with Crippen LogP contribution in [-0.2, 0) is 6.42 Å². The third-order valence-corrected chi connectivity index (χ3v) is 3.96. The molecular weight excluding hydrogens is 260 g/mol. The van der Waals surface area contributed by atoms with Gasteiger partial charge in [-0.15, -0.1) is 11.3 Å². The molecule has 0 fully saturated rings. The molecule has 0 aromatic carbocycles. The topological polar surface area (TPSA) is 78.2 Å². The van der Waals surface area contributed by atoms with Gasteiger partial charge in [0, 0.05) is 30.2 Å². The van der Waals surface area contributed by atoms with Crippen LogP contribution in [0.3, 0.4) is 0 Å². The maximum Gasteiger partial charge on any atom is 0.116 e. The molecule has 2 aromatic heterocycles. The van der Waals surface area contributed by atoms with E-state index in [4.69, 9.17) is 10.8 Å². The molecule has 0 aliphatic carbocycles. The highest BCUT2D eigenvalue weighted by Crippen LogP contribution is 2.28. The van der Waals surface area contributed by atoms with Crippen LogP contribution in [0, 0.1) is 0 Å². The molecular formula is C13H20N4OS. The zero-order valence-electron chi connectivity index (χ0n) is 11.0. The van der Waals surface area contributed by atoms with Gasteiger partial charge in [-0.3, -0.25) is 4.90 Å². The average molecular weight is 280 g/mol. The summed E-state index contributed by atoms with van der Waals surface area (Å²) in [6.07, 6.45) is 2.71. The van der Waals surface area contributed by atoms with Crippen molar-refractivity contribution in [1.29, 1.82) is 0 Å². The number of hydrogen-bond acceptors (Lipinski definition) is 5. The number of thiazole rings is 1. The lowest BCUT2D eigenvalue weighted by Crippen LogP contribution is -2.28. The van der Waals surface area contributed by atoms with E-state index in [2.05, 4.69) is 20.2 Å². The minimum absolute atomic E-state index is 0.0543. The number of H-pyrrole nitrogens is 1. The Kier molecular flexibility index (Phi) is 5.09. The Morgan fingerprint density at radius 3 is 3.05 bits per heavy atom. The van der Waals surface area contributed by atoms with Crippen molar-refractivity contribution in [3.8, 4) is 0 Å². The Morgan fingerprint density at radius 1 is 1.58 bits per heavy atom. The quantitative estimate of drug-likeness (QED) is 0.706. The Morgan fingerprint density at radius 2 is 2.42 bits per heavy atom. The van der Waals surface area contributed by atoms with Gasteiger partial charge in [-0.1, -0.05) is 0 Å². The van der Waals surface area contributed by atoms with Gasteiger partial charge >= 0.3 is 0 Å². The second-order valence-electron chi connectivity index (χ2n) is 4.45. The summed E-state index contributed by atoms with van der Waals surface area (Å²) in [4.78, 5) is 9.98. The molecule has 0 bridgehead atoms. The molecule has 0 amide bonds. The molecule has 19 heavy (non-hydrogen) atoms. The molecule has 1 atom stereocenters. The summed E-state index contributed by atoms with van der Waals surface area (Å²) in [7, 11) is 1.99. The molecule has 0 saturated heterocycles. The summed E-state index contributed by atoms with van der Waals surface area (Å²) in [5, 5.41) is 12.2. The maximum atomic E-state index is 9.13. The molecule has 0 aliphatic rings. The fraction of sp³-hybridized carbons (Fsp3) is 0.462. The van der Waals surface area contributed by atoms with Crippen LogP contribution in [0.5, 0.6) is 0 Å². The predicted octanol–water partition coefficient (Wildman–Crippen LogP) is 0.986. The van der Waals surface area contributed by atoms with Gasteiger partial charge in [0.1, 0.15) is 11.0 Å². The highest BCUT2D eigenvalue weighted by Gasteiger charge is 2.22. The standard InChI is InChI=1S/C13H20N4OS/c1-17(7-8-18)12(11-3-2-6-15-11)13-16-10(4-5-14)9-19-13/h2-3,6,9,12,15,18H,4-5,7-8,14H2,1H3. The van der Waals surface area contributed by atoms with E-state index in [0.717, 1.165) is 22.8 Å². The summed E-state index contributed by atoms with van der Waals surface area (Å²) in [6, 6.07) is 4.07. The van der Waals surface area contributed by atoms with E-state index in [9.17, 15) is 0 Å². The second-order valence-corrected chi connectivity index (χ2v) is 5.34. The van der Waals surface area contributed by atoms with E-state index < -0.39 is 0 Å². The first-order valence-corrected chi connectivity index (χ1v) is 7.23. The van der Waals surface area contributed by atoms with E-state index in [-0.39, 0.29) is 12.6 Å². The van der Waals surface area contributed by atoms with Gasteiger partial charge < -0.3 is 15.8 Å². The first kappa shape index (κ1) is 14.2. The lowest BCUT2D eigenvalue weighted by molar-refractivity contribution is 0.195. The SMILES string of the molecule is CN(CCO)C(c1ccc[nH]1)c1nc(CCN)cs1. The summed E-state index contributed by atoms with van der Waals surface area (Å²) < 4.78 is 0. The minimum atomic E-state index is 0.0543. The smallest absolute Gasteiger partial charge is 0.116 e. The summed E-state index contributed by atoms with van der Waals surface area (Å²) >= 11 is 1.64. The van der Waals surface area contributed by atoms with Gasteiger partial charge in [0.25, 0.3) is 0 Å². The molecule has 6 heteroatoms. The van der Waals surface area contributed by atoms with Crippen molar-refractivity contribution in [2.75, 3.05) is 26.7 Å². The number of likely N-dealkylation sites (N-methyl/N-ethyl adjacent to an activating group) is 1. The Bertz CT molecular complexity index is 483. The van der Waals surface area contributed by atoms with E-state index in [1.54, 1.807) is 11.3 Å². The van der Waals surface area contributed by atoms with Crippen LogP contribution in [0.2, 0.25) is 0 Å². The van der Waals surface area contributed by atoms with Crippen LogP contribution in [0.4, 0.5) is 0 Å². The van der Waals surface area contributed by atoms with E-state index in [0.29, 0.717) is 13.1 Å². The number of aromatic nitrogens is 2. The Hall–Kier alpha value is -1.21. The molecule has 2 aromatic rings. The average Bonchev–Trinajstić information content (AvgIpc) is 3.03. The summed E-state index contributed by atoms with van der Waals surface area (Å²) in [6.45, 7) is 1.35. The fourth-order valence-corrected chi connectivity index (χ4v) is 3.10. The Balaban J connectivity index is 2.25. The molecule has 0 spiro atoms. The van der Waals surface area contributed by atoms with Gasteiger partial charge in [0.15, 0.2) is 0 Å². The van der Waals surface area contributed by atoms with Gasteiger partial charge in [-0.05, 0) is 25.7 Å². The van der Waals surface area contributed by atoms with Crippen molar-refractivity contribution in [3.05, 3.63) is 40.1 Å². The molecule has 0 saturated carbocycles. The first-order chi connectivity index (χ1) is 9.26. The monoisotopic (exact) mass is 280 g/mol. The molecule has 2 heterocycles. The van der Waals surface area contributed by atoms with Crippen LogP contribution in [0.25, 0.3) is 0 Å². The maximum absolute atomic E-state index is 9.13. The number of aliphatic hydroxyl groups is 1. The molecule has 2 rings (SSSR count). The van der Waals surface area contributed by atoms with Gasteiger partial charge in [0.05, 0.1) is 12.3 Å². The largest absolute Gasteiger partial charge is 0.395 e. The highest BCUT2D eigenvalue weighted by atomic mass is 32.1. The lowest BCUT2D eigenvalue weighted by atomic mass is 10.2. The highest BCUT2D eigenvalue weighted by molar-refractivity contribution is 7.09. The summed E-state index contributed by atoms with van der Waals surface area (Å²) in [5.41, 5.74) is 7.69. The van der Waals surface area contributed by atoms with Crippen molar-refractivity contribution in [2.24, 2.45) is 5.73 Å². The number of nitrogens with zero attached hydrogens (tertiary/aromatic N) is 2. The number of nitrogens with one attached hydrogen (secondary N) is 1. The van der Waals surface area contributed by atoms with E-state index in [1.165, 1.54) is 0 Å². The lowest BCUT2D eigenvalue weighted by Gasteiger charge is -2.24. The first-order valence-electron chi connectivity index (χ1n) is 6.35. The Labute approximate surface area is 117 Å². The van der Waals surface area contributed by atoms with Crippen molar-refractivity contribution >= 4 is 11.3 Å². The molecule has 4 N–H and O–H groups in total. The van der Waals surface area contributed by atoms with E-state index >= 15 is 0 Å². The zero-order valence-corrected chi connectivity index (χ0v) is 11.9. The minimum Gasteiger partial charge on any atom is -0.395 e. The molecule has 5 nitrogen and oxygen atoms in total. The van der Waals surface area contributed by atoms with Gasteiger partial charge in [-0.2, -0.15) is 0 Å². The van der Waals surface area contributed by atoms with Crippen LogP contribution in [0.15, 0.2) is 23.7 Å². The number of rotatable bonds is 7. The van der Waals surface area contributed by atoms with Crippen LogP contribution in [-0.4, -0.2) is 46.7 Å². The third-order valence-electron chi connectivity index (χ3n) is 3.01. The van der Waals surface area contributed by atoms with Crippen LogP contribution in [0.1, 0.15) is 22.4 Å². The summed E-state index contributed by atoms with van der Waals surface area (Å²) in [5.74, 6) is 0. The molecule has 0 radical (unpaired) electrons. The van der Waals surface area contributed by atoms with E-state index in [1.807, 2.05) is 25.4 Å². The van der Waals surface area contributed by atoms with Crippen molar-refractivity contribution in [3.63, 3.8) is 0 Å². The van der Waals surface area contributed by atoms with Gasteiger partial charge in [-0.25, -0.2) is 4.98 Å². The van der Waals surface area contributed by atoms with Crippen molar-refractivity contribution in [1.82, 2.24) is 14.9 Å². The van der Waals surface area contributed by atoms with Crippen LogP contribution >= 0.6 is 11.3 Å². The van der Waals surface area contributed by atoms with Crippen molar-refractivity contribution < 1.29 is 5.11 Å². The number of hydrogen-bond donors (Lipinski definition) is 3.